The Bertz CT molecular complexity index is 245. The number of benzene rings is 1. The van der Waals surface area contributed by atoms with E-state index in [1.54, 1.807) is 0 Å². The number of aryl methyl sites for hydroxylation is 1. The largest absolute Gasteiger partial charge is 0.0716 e. The van der Waals surface area contributed by atoms with Gasteiger partial charge < -0.3 is 0 Å². The van der Waals surface area contributed by atoms with Crippen LogP contribution in [0.4, 0.5) is 0 Å². The first-order valence-electron chi connectivity index (χ1n) is 3.75. The van der Waals surface area contributed by atoms with Crippen LogP contribution in [0.2, 0.25) is 0 Å². The Balaban J connectivity index is 3.06. The maximum atomic E-state index is 5.56. The summed E-state index contributed by atoms with van der Waals surface area (Å²) in [6, 6.07) is 6.23. The Morgan fingerprint density at radius 2 is 2.09 bits per heavy atom. The van der Waals surface area contributed by atoms with Gasteiger partial charge in [-0.3, -0.25) is 0 Å². The smallest absolute Gasteiger partial charge is 0.0641 e. The molecule has 0 fully saturated rings. The van der Waals surface area contributed by atoms with Gasteiger partial charge >= 0.3 is 0 Å². The fourth-order valence-electron chi connectivity index (χ4n) is 1.12. The lowest BCUT2D eigenvalue weighted by Crippen LogP contribution is -1.91. The average molecular weight is 209 g/mol. The lowest BCUT2D eigenvalue weighted by atomic mass is 9.92. The van der Waals surface area contributed by atoms with Crippen molar-refractivity contribution in [3.63, 3.8) is 0 Å². The van der Waals surface area contributed by atoms with Gasteiger partial charge in [0.2, 0.25) is 0 Å². The second-order valence-corrected chi connectivity index (χ2v) is 3.39. The van der Waals surface area contributed by atoms with Gasteiger partial charge in [-0.1, -0.05) is 40.8 Å². The maximum absolute atomic E-state index is 5.56. The third-order valence-corrected chi connectivity index (χ3v) is 2.26. The van der Waals surface area contributed by atoms with Crippen LogP contribution in [0.5, 0.6) is 0 Å². The van der Waals surface area contributed by atoms with E-state index in [2.05, 4.69) is 35.0 Å². The normalized spacial score (nSPS) is 10.0. The quantitative estimate of drug-likeness (QED) is 0.656. The Morgan fingerprint density at radius 3 is 2.64 bits per heavy atom. The topological polar surface area (TPSA) is 0 Å². The summed E-state index contributed by atoms with van der Waals surface area (Å²) in [5.41, 5.74) is 2.58. The van der Waals surface area contributed by atoms with E-state index < -0.39 is 0 Å². The third-order valence-electron chi connectivity index (χ3n) is 1.77. The zero-order valence-corrected chi connectivity index (χ0v) is 8.19. The minimum atomic E-state index is 0.635. The SMILES string of the molecule is [B]Cc1ccc(Br)cc1CC. The zero-order chi connectivity index (χ0) is 8.27. The molecule has 0 bridgehead atoms. The molecular formula is C9H10BBr. The van der Waals surface area contributed by atoms with E-state index in [4.69, 9.17) is 7.85 Å². The van der Waals surface area contributed by atoms with E-state index in [1.807, 2.05) is 6.07 Å². The molecule has 0 heterocycles. The van der Waals surface area contributed by atoms with Crippen LogP contribution in [-0.2, 0) is 12.7 Å². The van der Waals surface area contributed by atoms with Crippen molar-refractivity contribution in [2.45, 2.75) is 19.7 Å². The first-order valence-corrected chi connectivity index (χ1v) is 4.54. The van der Waals surface area contributed by atoms with Crippen molar-refractivity contribution >= 4 is 23.8 Å². The Hall–Kier alpha value is -0.235. The minimum absolute atomic E-state index is 0.635. The summed E-state index contributed by atoms with van der Waals surface area (Å²) in [6.07, 6.45) is 1.68. The van der Waals surface area contributed by atoms with Crippen LogP contribution < -0.4 is 0 Å². The molecule has 0 amide bonds. The highest BCUT2D eigenvalue weighted by atomic mass is 79.9. The summed E-state index contributed by atoms with van der Waals surface area (Å²) in [5, 5.41) is 0. The van der Waals surface area contributed by atoms with Crippen molar-refractivity contribution in [2.75, 3.05) is 0 Å². The Morgan fingerprint density at radius 1 is 1.36 bits per heavy atom. The van der Waals surface area contributed by atoms with E-state index >= 15 is 0 Å². The molecule has 0 aromatic heterocycles. The van der Waals surface area contributed by atoms with Gasteiger partial charge in [0.1, 0.15) is 0 Å². The molecule has 0 aliphatic heterocycles. The van der Waals surface area contributed by atoms with E-state index in [0.717, 1.165) is 10.9 Å². The fourth-order valence-corrected chi connectivity index (χ4v) is 1.53. The Labute approximate surface area is 77.5 Å². The molecule has 0 saturated heterocycles. The summed E-state index contributed by atoms with van der Waals surface area (Å²) in [5.74, 6) is 0. The highest BCUT2D eigenvalue weighted by molar-refractivity contribution is 9.10. The molecular weight excluding hydrogens is 199 g/mol. The lowest BCUT2D eigenvalue weighted by molar-refractivity contribution is 1.10. The summed E-state index contributed by atoms with van der Waals surface area (Å²) in [4.78, 5) is 0. The van der Waals surface area contributed by atoms with Crippen molar-refractivity contribution < 1.29 is 0 Å². The first-order chi connectivity index (χ1) is 5.27. The van der Waals surface area contributed by atoms with Crippen LogP contribution in [-0.4, -0.2) is 7.85 Å². The molecule has 0 N–H and O–H groups in total. The molecule has 0 nitrogen and oxygen atoms in total. The Kier molecular flexibility index (Phi) is 3.19. The van der Waals surface area contributed by atoms with Gasteiger partial charge in [0.15, 0.2) is 0 Å². The molecule has 0 aliphatic carbocycles. The third kappa shape index (κ3) is 2.09. The van der Waals surface area contributed by atoms with Crippen LogP contribution in [0.3, 0.4) is 0 Å². The summed E-state index contributed by atoms with van der Waals surface area (Å²) in [6.45, 7) is 2.14. The van der Waals surface area contributed by atoms with Crippen LogP contribution in [0.15, 0.2) is 22.7 Å². The number of halogens is 1. The number of hydrogen-bond acceptors (Lipinski definition) is 0. The molecule has 2 radical (unpaired) electrons. The standard InChI is InChI=1S/C9H10BBr/c1-2-7-5-9(11)4-3-8(7)6-10/h3-5H,2,6H2,1H3. The maximum Gasteiger partial charge on any atom is 0.0716 e. The van der Waals surface area contributed by atoms with Gasteiger partial charge in [0.25, 0.3) is 0 Å². The second-order valence-electron chi connectivity index (χ2n) is 2.47. The van der Waals surface area contributed by atoms with Gasteiger partial charge in [-0.25, -0.2) is 0 Å². The van der Waals surface area contributed by atoms with Crippen molar-refractivity contribution in [3.05, 3.63) is 33.8 Å². The van der Waals surface area contributed by atoms with Gasteiger partial charge in [0.05, 0.1) is 7.85 Å². The van der Waals surface area contributed by atoms with E-state index in [-0.39, 0.29) is 0 Å². The van der Waals surface area contributed by atoms with Crippen molar-refractivity contribution in [1.82, 2.24) is 0 Å². The average Bonchev–Trinajstić information content (AvgIpc) is 2.04. The summed E-state index contributed by atoms with van der Waals surface area (Å²) >= 11 is 3.43. The summed E-state index contributed by atoms with van der Waals surface area (Å²) in [7, 11) is 5.56. The molecule has 0 unspecified atom stereocenters. The van der Waals surface area contributed by atoms with Gasteiger partial charge in [-0.2, -0.15) is 0 Å². The molecule has 56 valence electrons. The molecule has 0 atom stereocenters. The lowest BCUT2D eigenvalue weighted by Gasteiger charge is -2.04. The molecule has 1 aromatic carbocycles. The summed E-state index contributed by atoms with van der Waals surface area (Å²) < 4.78 is 1.13. The van der Waals surface area contributed by atoms with Crippen LogP contribution in [0.1, 0.15) is 18.1 Å². The monoisotopic (exact) mass is 208 g/mol. The second kappa shape index (κ2) is 3.96. The molecule has 1 aromatic rings. The molecule has 2 heteroatoms. The van der Waals surface area contributed by atoms with Crippen LogP contribution in [0, 0.1) is 0 Å². The molecule has 11 heavy (non-hydrogen) atoms. The molecule has 0 spiro atoms. The van der Waals surface area contributed by atoms with Crippen molar-refractivity contribution in [3.8, 4) is 0 Å². The minimum Gasteiger partial charge on any atom is -0.0641 e. The predicted molar refractivity (Wildman–Crippen MR) is 53.0 cm³/mol. The fraction of sp³-hybridized carbons (Fsp3) is 0.333. The highest BCUT2D eigenvalue weighted by Crippen LogP contribution is 2.16. The van der Waals surface area contributed by atoms with Crippen LogP contribution in [0.25, 0.3) is 0 Å². The molecule has 0 aliphatic rings. The predicted octanol–water partition coefficient (Wildman–Crippen LogP) is 2.68. The number of rotatable bonds is 2. The van der Waals surface area contributed by atoms with E-state index in [0.29, 0.717) is 6.32 Å². The van der Waals surface area contributed by atoms with E-state index in [1.165, 1.54) is 11.1 Å². The van der Waals surface area contributed by atoms with E-state index in [9.17, 15) is 0 Å². The van der Waals surface area contributed by atoms with Crippen molar-refractivity contribution in [2.24, 2.45) is 0 Å². The van der Waals surface area contributed by atoms with Crippen LogP contribution >= 0.6 is 15.9 Å². The van der Waals surface area contributed by atoms with Gasteiger partial charge in [-0.15, -0.1) is 0 Å². The highest BCUT2D eigenvalue weighted by Gasteiger charge is 1.97. The number of hydrogen-bond donors (Lipinski definition) is 0. The first kappa shape index (κ1) is 8.86. The molecule has 1 rings (SSSR count). The van der Waals surface area contributed by atoms with Gasteiger partial charge in [-0.05, 0) is 24.1 Å². The zero-order valence-electron chi connectivity index (χ0n) is 6.60. The van der Waals surface area contributed by atoms with Gasteiger partial charge in [0, 0.05) is 4.47 Å². The van der Waals surface area contributed by atoms with Crippen molar-refractivity contribution in [1.29, 1.82) is 0 Å². The molecule has 0 saturated carbocycles.